The minimum atomic E-state index is -0.192. The fourth-order valence-corrected chi connectivity index (χ4v) is 5.49. The molecule has 1 saturated heterocycles. The van der Waals surface area contributed by atoms with Gasteiger partial charge in [-0.3, -0.25) is 9.69 Å². The molecule has 1 fully saturated rings. The fourth-order valence-electron chi connectivity index (χ4n) is 4.73. The van der Waals surface area contributed by atoms with Crippen LogP contribution in [0.4, 0.5) is 4.39 Å². The van der Waals surface area contributed by atoms with Crippen LogP contribution >= 0.6 is 11.3 Å². The highest BCUT2D eigenvalue weighted by atomic mass is 32.1. The van der Waals surface area contributed by atoms with Crippen LogP contribution in [0.1, 0.15) is 23.6 Å². The van der Waals surface area contributed by atoms with Crippen molar-refractivity contribution in [1.29, 1.82) is 0 Å². The lowest BCUT2D eigenvalue weighted by molar-refractivity contribution is 0.115. The van der Waals surface area contributed by atoms with Gasteiger partial charge < -0.3 is 4.57 Å². The van der Waals surface area contributed by atoms with Crippen molar-refractivity contribution in [3.8, 4) is 10.4 Å². The van der Waals surface area contributed by atoms with E-state index in [0.717, 1.165) is 38.2 Å². The van der Waals surface area contributed by atoms with Crippen LogP contribution in [0.15, 0.2) is 58.7 Å². The van der Waals surface area contributed by atoms with Gasteiger partial charge in [0.15, 0.2) is 0 Å². The third kappa shape index (κ3) is 3.15. The molecule has 5 rings (SSSR count). The van der Waals surface area contributed by atoms with Crippen LogP contribution in [0, 0.1) is 11.7 Å². The molecule has 0 radical (unpaired) electrons. The number of pyridine rings is 1. The maximum absolute atomic E-state index is 13.2. The average Bonchev–Trinajstić information content (AvgIpc) is 3.19. The quantitative estimate of drug-likeness (QED) is 0.676. The molecule has 2 aliphatic heterocycles. The topological polar surface area (TPSA) is 25.2 Å². The molecule has 2 atom stereocenters. The first-order valence-corrected chi connectivity index (χ1v) is 10.3. The van der Waals surface area contributed by atoms with E-state index in [1.54, 1.807) is 17.4 Å². The zero-order chi connectivity index (χ0) is 18.4. The minimum absolute atomic E-state index is 0.118. The Morgan fingerprint density at radius 1 is 1.04 bits per heavy atom. The SMILES string of the molecule is O=c1ccc(-c2cccs2)c2n1C[C@H]1C[C@@H]2CN(Cc2ccc(F)cc2)C1. The Kier molecular flexibility index (Phi) is 4.21. The number of likely N-dealkylation sites (tertiary alicyclic amines) is 1. The molecule has 4 heterocycles. The summed E-state index contributed by atoms with van der Waals surface area (Å²) in [4.78, 5) is 16.2. The van der Waals surface area contributed by atoms with Gasteiger partial charge in [-0.2, -0.15) is 0 Å². The largest absolute Gasteiger partial charge is 0.311 e. The Morgan fingerprint density at radius 2 is 1.89 bits per heavy atom. The highest BCUT2D eigenvalue weighted by Crippen LogP contribution is 2.41. The molecular weight excluding hydrogens is 359 g/mol. The third-order valence-corrected chi connectivity index (χ3v) is 6.67. The molecule has 3 aromatic rings. The summed E-state index contributed by atoms with van der Waals surface area (Å²) in [5.41, 5.74) is 3.66. The number of hydrogen-bond acceptors (Lipinski definition) is 3. The normalized spacial score (nSPS) is 21.8. The first-order valence-electron chi connectivity index (χ1n) is 9.42. The van der Waals surface area contributed by atoms with Gasteiger partial charge in [0.2, 0.25) is 0 Å². The molecule has 0 spiro atoms. The minimum Gasteiger partial charge on any atom is -0.311 e. The van der Waals surface area contributed by atoms with Crippen LogP contribution in [0.5, 0.6) is 0 Å². The molecule has 0 saturated carbocycles. The summed E-state index contributed by atoms with van der Waals surface area (Å²) in [6.07, 6.45) is 1.14. The first kappa shape index (κ1) is 16.9. The summed E-state index contributed by atoms with van der Waals surface area (Å²) in [7, 11) is 0. The highest BCUT2D eigenvalue weighted by molar-refractivity contribution is 7.13. The number of aromatic nitrogens is 1. The number of rotatable bonds is 3. The summed E-state index contributed by atoms with van der Waals surface area (Å²) in [6.45, 7) is 3.56. The summed E-state index contributed by atoms with van der Waals surface area (Å²) in [5.74, 6) is 0.667. The van der Waals surface area contributed by atoms with E-state index in [4.69, 9.17) is 0 Å². The van der Waals surface area contributed by atoms with Gasteiger partial charge in [-0.15, -0.1) is 11.3 Å². The molecule has 2 aromatic heterocycles. The zero-order valence-corrected chi connectivity index (χ0v) is 15.8. The van der Waals surface area contributed by atoms with E-state index in [1.807, 2.05) is 22.8 Å². The Balaban J connectivity index is 1.48. The molecule has 2 aliphatic rings. The van der Waals surface area contributed by atoms with Gasteiger partial charge in [0.05, 0.1) is 0 Å². The molecule has 2 bridgehead atoms. The molecular formula is C22H21FN2OS. The predicted octanol–water partition coefficient (Wildman–Crippen LogP) is 4.34. The smallest absolute Gasteiger partial charge is 0.250 e. The molecule has 0 unspecified atom stereocenters. The number of fused-ring (bicyclic) bond motifs is 4. The van der Waals surface area contributed by atoms with Crippen molar-refractivity contribution in [2.45, 2.75) is 25.4 Å². The lowest BCUT2D eigenvalue weighted by Crippen LogP contribution is -2.47. The van der Waals surface area contributed by atoms with Crippen LogP contribution in [-0.2, 0) is 13.1 Å². The number of thiophene rings is 1. The van der Waals surface area contributed by atoms with Crippen molar-refractivity contribution in [3.63, 3.8) is 0 Å². The molecule has 0 amide bonds. The predicted molar refractivity (Wildman–Crippen MR) is 107 cm³/mol. The van der Waals surface area contributed by atoms with Gasteiger partial charge in [0, 0.05) is 54.3 Å². The van der Waals surface area contributed by atoms with Gasteiger partial charge >= 0.3 is 0 Å². The van der Waals surface area contributed by atoms with Crippen LogP contribution < -0.4 is 5.56 Å². The van der Waals surface area contributed by atoms with Crippen molar-refractivity contribution < 1.29 is 4.39 Å². The molecule has 1 aromatic carbocycles. The lowest BCUT2D eigenvalue weighted by atomic mass is 9.81. The van der Waals surface area contributed by atoms with Crippen LogP contribution in [0.3, 0.4) is 0 Å². The number of halogens is 1. The standard InChI is InChI=1S/C22H21FN2OS/c23-18-5-3-15(4-6-18)11-24-12-16-10-17(14-24)22-19(20-2-1-9-27-20)7-8-21(26)25(22)13-16/h1-9,16-17H,10-14H2/t16-,17+/m0/s1. The fraction of sp³-hybridized carbons (Fsp3) is 0.318. The van der Waals surface area contributed by atoms with Crippen molar-refractivity contribution in [1.82, 2.24) is 9.47 Å². The Labute approximate surface area is 161 Å². The van der Waals surface area contributed by atoms with Crippen LogP contribution in [0.25, 0.3) is 10.4 Å². The maximum atomic E-state index is 13.2. The van der Waals surface area contributed by atoms with Gasteiger partial charge in [-0.25, -0.2) is 4.39 Å². The van der Waals surface area contributed by atoms with Crippen molar-refractivity contribution in [3.05, 3.63) is 81.3 Å². The molecule has 27 heavy (non-hydrogen) atoms. The summed E-state index contributed by atoms with van der Waals surface area (Å²) in [5, 5.41) is 2.09. The van der Waals surface area contributed by atoms with E-state index < -0.39 is 0 Å². The molecule has 0 N–H and O–H groups in total. The molecule has 5 heteroatoms. The molecule has 138 valence electrons. The van der Waals surface area contributed by atoms with Gasteiger partial charge in [-0.1, -0.05) is 18.2 Å². The number of hydrogen-bond donors (Lipinski definition) is 0. The van der Waals surface area contributed by atoms with E-state index in [9.17, 15) is 9.18 Å². The van der Waals surface area contributed by atoms with E-state index in [-0.39, 0.29) is 11.4 Å². The number of benzene rings is 1. The summed E-state index contributed by atoms with van der Waals surface area (Å²) < 4.78 is 15.2. The average molecular weight is 380 g/mol. The van der Waals surface area contributed by atoms with E-state index in [2.05, 4.69) is 22.4 Å². The molecule has 0 aliphatic carbocycles. The third-order valence-electron chi connectivity index (χ3n) is 5.77. The van der Waals surface area contributed by atoms with Gasteiger partial charge in [-0.05, 0) is 47.5 Å². The Bertz CT molecular complexity index is 1010. The van der Waals surface area contributed by atoms with Gasteiger partial charge in [0.1, 0.15) is 5.82 Å². The van der Waals surface area contributed by atoms with Crippen molar-refractivity contribution in [2.24, 2.45) is 5.92 Å². The lowest BCUT2D eigenvalue weighted by Gasteiger charge is -2.43. The van der Waals surface area contributed by atoms with Gasteiger partial charge in [0.25, 0.3) is 5.56 Å². The van der Waals surface area contributed by atoms with Crippen LogP contribution in [-0.4, -0.2) is 22.6 Å². The summed E-state index contributed by atoms with van der Waals surface area (Å²) >= 11 is 1.73. The second-order valence-corrected chi connectivity index (χ2v) is 8.63. The Hall–Kier alpha value is -2.24. The second kappa shape index (κ2) is 6.73. The first-order chi connectivity index (χ1) is 13.2. The van der Waals surface area contributed by atoms with E-state index >= 15 is 0 Å². The number of nitrogens with zero attached hydrogens (tertiary/aromatic N) is 2. The summed E-state index contributed by atoms with van der Waals surface area (Å²) in [6, 6.07) is 14.7. The Morgan fingerprint density at radius 3 is 2.67 bits per heavy atom. The van der Waals surface area contributed by atoms with E-state index in [1.165, 1.54) is 28.3 Å². The molecule has 3 nitrogen and oxygen atoms in total. The highest BCUT2D eigenvalue weighted by Gasteiger charge is 2.36. The van der Waals surface area contributed by atoms with Crippen LogP contribution in [0.2, 0.25) is 0 Å². The zero-order valence-electron chi connectivity index (χ0n) is 15.0. The monoisotopic (exact) mass is 380 g/mol. The van der Waals surface area contributed by atoms with Crippen molar-refractivity contribution in [2.75, 3.05) is 13.1 Å². The maximum Gasteiger partial charge on any atom is 0.250 e. The number of piperidine rings is 1. The second-order valence-electron chi connectivity index (χ2n) is 7.68. The van der Waals surface area contributed by atoms with Crippen molar-refractivity contribution >= 4 is 11.3 Å². The van der Waals surface area contributed by atoms with E-state index in [0.29, 0.717) is 11.8 Å².